The molecule has 8 heteroatoms. The number of rotatable bonds is 10. The average molecular weight is 678 g/mol. The van der Waals surface area contributed by atoms with Gasteiger partial charge in [0.05, 0.1) is 26.4 Å². The van der Waals surface area contributed by atoms with E-state index in [-0.39, 0.29) is 13.2 Å². The van der Waals surface area contributed by atoms with Crippen molar-refractivity contribution in [2.24, 2.45) is 0 Å². The number of halogens is 2. The Hall–Kier alpha value is -1.88. The van der Waals surface area contributed by atoms with Crippen molar-refractivity contribution in [1.82, 2.24) is 0 Å². The first-order chi connectivity index (χ1) is 19.0. The van der Waals surface area contributed by atoms with Gasteiger partial charge in [-0.25, -0.2) is 0 Å². The van der Waals surface area contributed by atoms with Crippen LogP contribution in [-0.2, 0) is 45.4 Å². The molecule has 0 aliphatic carbocycles. The van der Waals surface area contributed by atoms with Crippen LogP contribution in [0, 0.1) is 0 Å². The van der Waals surface area contributed by atoms with Crippen LogP contribution < -0.4 is 0 Å². The monoisotopic (exact) mass is 676 g/mol. The van der Waals surface area contributed by atoms with Crippen LogP contribution in [0.1, 0.15) is 49.9 Å². The fraction of sp³-hybridized carbons (Fsp3) is 0.375. The summed E-state index contributed by atoms with van der Waals surface area (Å²) in [5.41, 5.74) is 3.93. The first-order valence-corrected chi connectivity index (χ1v) is 14.5. The van der Waals surface area contributed by atoms with Crippen LogP contribution in [0.3, 0.4) is 0 Å². The maximum Gasteiger partial charge on any atom is 0.162 e. The molecule has 0 spiro atoms. The number of hydrogen-bond donors (Lipinski definition) is 2. The molecule has 0 radical (unpaired) electrons. The summed E-state index contributed by atoms with van der Waals surface area (Å²) in [5, 5.41) is 22.8. The Balaban J connectivity index is 0.000000249. The van der Waals surface area contributed by atoms with E-state index >= 15 is 0 Å². The summed E-state index contributed by atoms with van der Waals surface area (Å²) in [7, 11) is 3.29. The molecule has 0 saturated carbocycles. The molecule has 0 unspecified atom stereocenters. The van der Waals surface area contributed by atoms with Crippen molar-refractivity contribution in [3.05, 3.63) is 91.9 Å². The Morgan fingerprint density at radius 3 is 1.52 bits per heavy atom. The van der Waals surface area contributed by atoms with Gasteiger partial charge in [0.15, 0.2) is 11.6 Å². The van der Waals surface area contributed by atoms with Gasteiger partial charge < -0.3 is 29.2 Å². The van der Waals surface area contributed by atoms with Gasteiger partial charge in [0.2, 0.25) is 0 Å². The van der Waals surface area contributed by atoms with Gasteiger partial charge in [0.1, 0.15) is 0 Å². The van der Waals surface area contributed by atoms with Crippen LogP contribution in [0.25, 0.3) is 21.5 Å². The van der Waals surface area contributed by atoms with E-state index in [1.807, 2.05) is 70.2 Å². The molecule has 0 saturated heterocycles. The zero-order chi connectivity index (χ0) is 29.5. The molecule has 2 N–H and O–H groups in total. The van der Waals surface area contributed by atoms with Gasteiger partial charge in [-0.05, 0) is 83.6 Å². The second-order valence-electron chi connectivity index (χ2n) is 10.2. The highest BCUT2D eigenvalue weighted by atomic mass is 79.9. The third-order valence-corrected chi connectivity index (χ3v) is 8.24. The van der Waals surface area contributed by atoms with Crippen molar-refractivity contribution in [2.45, 2.75) is 65.7 Å². The van der Waals surface area contributed by atoms with E-state index in [1.54, 1.807) is 14.2 Å². The van der Waals surface area contributed by atoms with Crippen LogP contribution in [0.15, 0.2) is 69.6 Å². The predicted molar refractivity (Wildman–Crippen MR) is 167 cm³/mol. The smallest absolute Gasteiger partial charge is 0.162 e. The second kappa shape index (κ2) is 14.3. The molecule has 4 rings (SSSR count). The molecular weight excluding hydrogens is 640 g/mol. The maximum atomic E-state index is 9.29. The van der Waals surface area contributed by atoms with Crippen LogP contribution in [-0.4, -0.2) is 36.0 Å². The van der Waals surface area contributed by atoms with Gasteiger partial charge in [0, 0.05) is 23.2 Å². The van der Waals surface area contributed by atoms with Crippen molar-refractivity contribution in [3.63, 3.8) is 0 Å². The quantitative estimate of drug-likeness (QED) is 0.166. The fourth-order valence-electron chi connectivity index (χ4n) is 4.12. The van der Waals surface area contributed by atoms with Crippen molar-refractivity contribution in [1.29, 1.82) is 0 Å². The molecule has 4 aromatic carbocycles. The normalized spacial score (nSPS) is 12.1. The minimum absolute atomic E-state index is 0.00478. The number of hydrogen-bond acceptors (Lipinski definition) is 6. The highest BCUT2D eigenvalue weighted by Crippen LogP contribution is 2.33. The SMILES string of the molecule is COC(C)(C)OCc1cc(Br)c(COC(C)(C)OC)c2ccccc12.OCc1cc(Br)c(CO)c2ccccc12. The summed E-state index contributed by atoms with van der Waals surface area (Å²) in [6.45, 7) is 8.52. The van der Waals surface area contributed by atoms with E-state index in [2.05, 4.69) is 50.1 Å². The summed E-state index contributed by atoms with van der Waals surface area (Å²) in [5.74, 6) is -1.26. The van der Waals surface area contributed by atoms with E-state index in [0.717, 1.165) is 52.7 Å². The largest absolute Gasteiger partial charge is 0.392 e. The van der Waals surface area contributed by atoms with E-state index in [1.165, 1.54) is 0 Å². The molecule has 0 heterocycles. The summed E-state index contributed by atoms with van der Waals surface area (Å²) >= 11 is 7.09. The summed E-state index contributed by atoms with van der Waals surface area (Å²) in [6, 6.07) is 20.0. The first-order valence-electron chi connectivity index (χ1n) is 12.9. The molecule has 0 amide bonds. The Kier molecular flexibility index (Phi) is 11.7. The molecule has 0 fully saturated rings. The van der Waals surface area contributed by atoms with Gasteiger partial charge in [0.25, 0.3) is 0 Å². The summed E-state index contributed by atoms with van der Waals surface area (Å²) in [4.78, 5) is 0. The van der Waals surface area contributed by atoms with E-state index < -0.39 is 11.6 Å². The van der Waals surface area contributed by atoms with Crippen molar-refractivity contribution < 1.29 is 29.2 Å². The Bertz CT molecular complexity index is 1430. The third-order valence-electron chi connectivity index (χ3n) is 6.83. The molecule has 6 nitrogen and oxygen atoms in total. The summed E-state index contributed by atoms with van der Waals surface area (Å²) in [6.07, 6.45) is 0. The number of aliphatic hydroxyl groups is 2. The lowest BCUT2D eigenvalue weighted by atomic mass is 10.00. The lowest BCUT2D eigenvalue weighted by molar-refractivity contribution is -0.204. The van der Waals surface area contributed by atoms with Gasteiger partial charge in [-0.1, -0.05) is 80.4 Å². The molecule has 216 valence electrons. The van der Waals surface area contributed by atoms with Gasteiger partial charge in [-0.15, -0.1) is 0 Å². The number of ether oxygens (including phenoxy) is 4. The highest BCUT2D eigenvalue weighted by molar-refractivity contribution is 9.10. The Morgan fingerprint density at radius 1 is 0.600 bits per heavy atom. The Morgan fingerprint density at radius 2 is 1.02 bits per heavy atom. The molecule has 40 heavy (non-hydrogen) atoms. The lowest BCUT2D eigenvalue weighted by Crippen LogP contribution is -2.26. The average Bonchev–Trinajstić information content (AvgIpc) is 2.95. The van der Waals surface area contributed by atoms with Crippen molar-refractivity contribution in [3.8, 4) is 0 Å². The molecule has 0 aliphatic heterocycles. The minimum atomic E-state index is -0.634. The third kappa shape index (κ3) is 8.11. The van der Waals surface area contributed by atoms with Crippen LogP contribution >= 0.6 is 31.9 Å². The Labute approximate surface area is 253 Å². The zero-order valence-corrected chi connectivity index (χ0v) is 27.1. The van der Waals surface area contributed by atoms with Crippen LogP contribution in [0.2, 0.25) is 0 Å². The fourth-order valence-corrected chi connectivity index (χ4v) is 5.34. The topological polar surface area (TPSA) is 77.4 Å². The number of methoxy groups -OCH3 is 2. The lowest BCUT2D eigenvalue weighted by Gasteiger charge is -2.25. The standard InChI is InChI=1S/C20H27BrO4.C12H11BrO2/c1-19(2,22-5)24-12-14-11-18(21)17(13-25-20(3,4)23-6)16-10-8-7-9-15(14)16;13-12-5-8(6-14)9-3-1-2-4-10(9)11(12)7-15/h7-11H,12-13H2,1-6H3;1-5,14-15H,6-7H2. The molecular formula is C32H38Br2O6. The zero-order valence-electron chi connectivity index (χ0n) is 23.9. The molecule has 0 aromatic heterocycles. The van der Waals surface area contributed by atoms with E-state index in [9.17, 15) is 10.2 Å². The van der Waals surface area contributed by atoms with Crippen LogP contribution in [0.4, 0.5) is 0 Å². The second-order valence-corrected chi connectivity index (χ2v) is 11.9. The van der Waals surface area contributed by atoms with Gasteiger partial charge in [-0.2, -0.15) is 0 Å². The number of aliphatic hydroxyl groups excluding tert-OH is 2. The molecule has 0 bridgehead atoms. The van der Waals surface area contributed by atoms with E-state index in [0.29, 0.717) is 13.2 Å². The molecule has 4 aromatic rings. The van der Waals surface area contributed by atoms with Crippen molar-refractivity contribution >= 4 is 53.4 Å². The first kappa shape index (κ1) is 32.6. The van der Waals surface area contributed by atoms with Gasteiger partial charge >= 0.3 is 0 Å². The van der Waals surface area contributed by atoms with E-state index in [4.69, 9.17) is 18.9 Å². The van der Waals surface area contributed by atoms with Crippen LogP contribution in [0.5, 0.6) is 0 Å². The predicted octanol–water partition coefficient (Wildman–Crippen LogP) is 7.99. The maximum absolute atomic E-state index is 9.29. The van der Waals surface area contributed by atoms with Crippen molar-refractivity contribution in [2.75, 3.05) is 14.2 Å². The van der Waals surface area contributed by atoms with Gasteiger partial charge in [-0.3, -0.25) is 0 Å². The minimum Gasteiger partial charge on any atom is -0.392 e. The molecule has 0 atom stereocenters. The summed E-state index contributed by atoms with van der Waals surface area (Å²) < 4.78 is 24.4. The molecule has 0 aliphatic rings. The number of benzene rings is 4. The number of fused-ring (bicyclic) bond motifs is 2. The highest BCUT2D eigenvalue weighted by Gasteiger charge is 2.21.